The first kappa shape index (κ1) is 8.84. The first-order valence-electron chi connectivity index (χ1n) is 3.95. The summed E-state index contributed by atoms with van der Waals surface area (Å²) in [6, 6.07) is 1.84. The summed E-state index contributed by atoms with van der Waals surface area (Å²) in [4.78, 5) is 18.7. The third-order valence-electron chi connectivity index (χ3n) is 1.70. The van der Waals surface area contributed by atoms with Crippen LogP contribution in [0.5, 0.6) is 0 Å². The van der Waals surface area contributed by atoms with Crippen molar-refractivity contribution in [2.45, 2.75) is 26.2 Å². The van der Waals surface area contributed by atoms with E-state index in [1.165, 1.54) is 6.33 Å². The molecule has 0 aliphatic heterocycles. The lowest BCUT2D eigenvalue weighted by Gasteiger charge is -2.06. The van der Waals surface area contributed by atoms with Crippen LogP contribution in [0.2, 0.25) is 0 Å². The van der Waals surface area contributed by atoms with Crippen molar-refractivity contribution in [2.24, 2.45) is 0 Å². The van der Waals surface area contributed by atoms with Crippen molar-refractivity contribution in [3.8, 4) is 0 Å². The van der Waals surface area contributed by atoms with E-state index in [1.807, 2.05) is 13.0 Å². The molecule has 1 atom stereocenters. The Hall–Kier alpha value is -1.25. The van der Waals surface area contributed by atoms with Gasteiger partial charge in [0.05, 0.1) is 0 Å². The summed E-state index contributed by atoms with van der Waals surface area (Å²) in [6.45, 7) is 3.58. The number of rotatable bonds is 3. The molecule has 0 aliphatic carbocycles. The zero-order valence-electron chi connectivity index (χ0n) is 7.32. The van der Waals surface area contributed by atoms with Crippen LogP contribution in [0.25, 0.3) is 0 Å². The standard InChI is InChI=1S/C9H12N2O/c1-7(5-8(2)12)9-3-4-10-6-11-9/h3-4,6-7H,5H2,1-2H3. The average molecular weight is 164 g/mol. The second-order valence-corrected chi connectivity index (χ2v) is 2.94. The average Bonchev–Trinajstić information content (AvgIpc) is 2.05. The molecule has 0 N–H and O–H groups in total. The molecule has 1 rings (SSSR count). The number of nitrogens with zero attached hydrogens (tertiary/aromatic N) is 2. The lowest BCUT2D eigenvalue weighted by atomic mass is 10.0. The molecule has 0 radical (unpaired) electrons. The van der Waals surface area contributed by atoms with E-state index in [-0.39, 0.29) is 11.7 Å². The van der Waals surface area contributed by atoms with Crippen LogP contribution in [0.3, 0.4) is 0 Å². The largest absolute Gasteiger partial charge is 0.300 e. The van der Waals surface area contributed by atoms with Crippen LogP contribution < -0.4 is 0 Å². The molecular formula is C9H12N2O. The van der Waals surface area contributed by atoms with Crippen molar-refractivity contribution in [2.75, 3.05) is 0 Å². The van der Waals surface area contributed by atoms with Crippen LogP contribution in [0.4, 0.5) is 0 Å². The molecule has 3 heteroatoms. The van der Waals surface area contributed by atoms with E-state index in [0.29, 0.717) is 6.42 Å². The SMILES string of the molecule is CC(=O)CC(C)c1ccncn1. The maximum absolute atomic E-state index is 10.8. The predicted octanol–water partition coefficient (Wildman–Crippen LogP) is 1.56. The molecule has 3 nitrogen and oxygen atoms in total. The van der Waals surface area contributed by atoms with Crippen LogP contribution >= 0.6 is 0 Å². The minimum atomic E-state index is 0.195. The number of carbonyl (C=O) groups is 1. The van der Waals surface area contributed by atoms with Crippen molar-refractivity contribution < 1.29 is 4.79 Å². The highest BCUT2D eigenvalue weighted by Gasteiger charge is 2.08. The van der Waals surface area contributed by atoms with Crippen LogP contribution in [0, 0.1) is 0 Å². The molecule has 1 aromatic heterocycles. The normalized spacial score (nSPS) is 12.5. The molecule has 1 unspecified atom stereocenters. The van der Waals surface area contributed by atoms with Gasteiger partial charge in [-0.15, -0.1) is 0 Å². The van der Waals surface area contributed by atoms with Crippen molar-refractivity contribution >= 4 is 5.78 Å². The number of hydrogen-bond acceptors (Lipinski definition) is 3. The van der Waals surface area contributed by atoms with Crippen molar-refractivity contribution in [1.82, 2.24) is 9.97 Å². The molecule has 64 valence electrons. The molecule has 0 bridgehead atoms. The Labute approximate surface area is 71.9 Å². The fourth-order valence-electron chi connectivity index (χ4n) is 1.13. The molecule has 0 amide bonds. The Morgan fingerprint density at radius 1 is 1.67 bits per heavy atom. The zero-order valence-corrected chi connectivity index (χ0v) is 7.32. The van der Waals surface area contributed by atoms with Gasteiger partial charge in [0.1, 0.15) is 12.1 Å². The third-order valence-corrected chi connectivity index (χ3v) is 1.70. The van der Waals surface area contributed by atoms with E-state index in [2.05, 4.69) is 9.97 Å². The van der Waals surface area contributed by atoms with Gasteiger partial charge in [-0.25, -0.2) is 9.97 Å². The van der Waals surface area contributed by atoms with E-state index in [0.717, 1.165) is 5.69 Å². The summed E-state index contributed by atoms with van der Waals surface area (Å²) in [5, 5.41) is 0. The fraction of sp³-hybridized carbons (Fsp3) is 0.444. The highest BCUT2D eigenvalue weighted by molar-refractivity contribution is 5.76. The smallest absolute Gasteiger partial charge is 0.130 e. The first-order chi connectivity index (χ1) is 5.70. The summed E-state index contributed by atoms with van der Waals surface area (Å²) in [5.74, 6) is 0.395. The van der Waals surface area contributed by atoms with Gasteiger partial charge in [-0.1, -0.05) is 6.92 Å². The molecule has 0 fully saturated rings. The van der Waals surface area contributed by atoms with Crippen molar-refractivity contribution in [1.29, 1.82) is 0 Å². The monoisotopic (exact) mass is 164 g/mol. The van der Waals surface area contributed by atoms with Crippen LogP contribution in [0.1, 0.15) is 31.9 Å². The first-order valence-corrected chi connectivity index (χ1v) is 3.95. The van der Waals surface area contributed by atoms with E-state index in [9.17, 15) is 4.79 Å². The van der Waals surface area contributed by atoms with Gasteiger partial charge in [0, 0.05) is 24.2 Å². The number of ketones is 1. The molecule has 0 saturated heterocycles. The number of Topliss-reactive ketones (excluding diaryl/α,β-unsaturated/α-hetero) is 1. The van der Waals surface area contributed by atoms with Gasteiger partial charge in [-0.05, 0) is 13.0 Å². The molecule has 1 aromatic rings. The summed E-state index contributed by atoms with van der Waals surface area (Å²) in [6.07, 6.45) is 3.75. The number of aromatic nitrogens is 2. The van der Waals surface area contributed by atoms with E-state index in [4.69, 9.17) is 0 Å². The predicted molar refractivity (Wildman–Crippen MR) is 45.7 cm³/mol. The van der Waals surface area contributed by atoms with Crippen molar-refractivity contribution in [3.63, 3.8) is 0 Å². The van der Waals surface area contributed by atoms with Gasteiger partial charge in [-0.3, -0.25) is 0 Å². The van der Waals surface area contributed by atoms with Gasteiger partial charge in [0.25, 0.3) is 0 Å². The van der Waals surface area contributed by atoms with Crippen LogP contribution in [0.15, 0.2) is 18.6 Å². The Kier molecular flexibility index (Phi) is 2.91. The van der Waals surface area contributed by atoms with Crippen LogP contribution in [-0.2, 0) is 4.79 Å². The Bertz CT molecular complexity index is 258. The van der Waals surface area contributed by atoms with Gasteiger partial charge in [0.2, 0.25) is 0 Å². The topological polar surface area (TPSA) is 42.9 Å². The third kappa shape index (κ3) is 2.42. The molecule has 0 aromatic carbocycles. The summed E-state index contributed by atoms with van der Waals surface area (Å²) >= 11 is 0. The zero-order chi connectivity index (χ0) is 8.97. The maximum atomic E-state index is 10.8. The Morgan fingerprint density at radius 2 is 2.42 bits per heavy atom. The van der Waals surface area contributed by atoms with Gasteiger partial charge in [-0.2, -0.15) is 0 Å². The minimum Gasteiger partial charge on any atom is -0.300 e. The molecule has 12 heavy (non-hydrogen) atoms. The van der Waals surface area contributed by atoms with E-state index in [1.54, 1.807) is 13.1 Å². The van der Waals surface area contributed by atoms with Gasteiger partial charge >= 0.3 is 0 Å². The van der Waals surface area contributed by atoms with Gasteiger partial charge < -0.3 is 4.79 Å². The number of carbonyl (C=O) groups excluding carboxylic acids is 1. The van der Waals surface area contributed by atoms with Crippen LogP contribution in [-0.4, -0.2) is 15.8 Å². The second kappa shape index (κ2) is 3.95. The molecule has 1 heterocycles. The Balaban J connectivity index is 2.65. The highest BCUT2D eigenvalue weighted by atomic mass is 16.1. The summed E-state index contributed by atoms with van der Waals surface area (Å²) in [7, 11) is 0. The quantitative estimate of drug-likeness (QED) is 0.680. The van der Waals surface area contributed by atoms with E-state index < -0.39 is 0 Å². The molecule has 0 aliphatic rings. The maximum Gasteiger partial charge on any atom is 0.130 e. The molecule has 0 spiro atoms. The van der Waals surface area contributed by atoms with E-state index >= 15 is 0 Å². The lowest BCUT2D eigenvalue weighted by molar-refractivity contribution is -0.117. The van der Waals surface area contributed by atoms with Gasteiger partial charge in [0.15, 0.2) is 0 Å². The molecular weight excluding hydrogens is 152 g/mol. The Morgan fingerprint density at radius 3 is 2.92 bits per heavy atom. The molecule has 0 saturated carbocycles. The summed E-state index contributed by atoms with van der Waals surface area (Å²) < 4.78 is 0. The second-order valence-electron chi connectivity index (χ2n) is 2.94. The minimum absolute atomic E-state index is 0.195. The van der Waals surface area contributed by atoms with Crippen molar-refractivity contribution in [3.05, 3.63) is 24.3 Å². The fourth-order valence-corrected chi connectivity index (χ4v) is 1.13. The number of hydrogen-bond donors (Lipinski definition) is 0. The lowest BCUT2D eigenvalue weighted by Crippen LogP contribution is -2.02. The summed E-state index contributed by atoms with van der Waals surface area (Å²) in [5.41, 5.74) is 0.931. The highest BCUT2D eigenvalue weighted by Crippen LogP contribution is 2.15.